The van der Waals surface area contributed by atoms with Crippen LogP contribution in [0.5, 0.6) is 0 Å². The molecule has 0 radical (unpaired) electrons. The van der Waals surface area contributed by atoms with Gasteiger partial charge >= 0.3 is 0 Å². The molecule has 26 heavy (non-hydrogen) atoms. The number of carbonyl (C=O) groups is 2. The van der Waals surface area contributed by atoms with Crippen LogP contribution in [0.25, 0.3) is 0 Å². The zero-order valence-electron chi connectivity index (χ0n) is 14.2. The van der Waals surface area contributed by atoms with Gasteiger partial charge in [-0.25, -0.2) is 0 Å². The van der Waals surface area contributed by atoms with E-state index in [0.29, 0.717) is 26.2 Å². The van der Waals surface area contributed by atoms with Gasteiger partial charge in [-0.1, -0.05) is 83.9 Å². The lowest BCUT2D eigenvalue weighted by molar-refractivity contribution is -0.139. The van der Waals surface area contributed by atoms with Gasteiger partial charge in [-0.05, 0) is 11.1 Å². The topological polar surface area (TPSA) is 40.6 Å². The van der Waals surface area contributed by atoms with Crippen molar-refractivity contribution in [2.24, 2.45) is 0 Å². The van der Waals surface area contributed by atoms with Crippen LogP contribution >= 0.6 is 23.2 Å². The first kappa shape index (κ1) is 18.7. The zero-order valence-corrected chi connectivity index (χ0v) is 15.7. The van der Waals surface area contributed by atoms with Crippen molar-refractivity contribution in [1.82, 2.24) is 9.80 Å². The second-order valence-electron chi connectivity index (χ2n) is 6.21. The van der Waals surface area contributed by atoms with E-state index in [1.165, 1.54) is 0 Å². The molecule has 4 nitrogen and oxygen atoms in total. The van der Waals surface area contributed by atoms with Gasteiger partial charge < -0.3 is 9.80 Å². The number of rotatable bonds is 4. The molecule has 0 aromatic heterocycles. The van der Waals surface area contributed by atoms with Crippen molar-refractivity contribution in [3.05, 3.63) is 71.8 Å². The van der Waals surface area contributed by atoms with Crippen LogP contribution in [-0.2, 0) is 9.59 Å². The molecule has 136 valence electrons. The van der Waals surface area contributed by atoms with Crippen LogP contribution < -0.4 is 0 Å². The Labute approximate surface area is 163 Å². The maximum atomic E-state index is 13.3. The number of hydrogen-bond donors (Lipinski definition) is 0. The third-order valence-electron chi connectivity index (χ3n) is 4.60. The molecule has 0 unspecified atom stereocenters. The fraction of sp³-hybridized carbons (Fsp3) is 0.300. The molecule has 0 aliphatic carbocycles. The Morgan fingerprint density at radius 3 is 1.46 bits per heavy atom. The van der Waals surface area contributed by atoms with Crippen molar-refractivity contribution >= 4 is 35.0 Å². The van der Waals surface area contributed by atoms with Crippen molar-refractivity contribution in [3.8, 4) is 0 Å². The van der Waals surface area contributed by atoms with Crippen LogP contribution in [0.3, 0.4) is 0 Å². The van der Waals surface area contributed by atoms with Gasteiger partial charge in [0.05, 0.1) is 5.92 Å². The summed E-state index contributed by atoms with van der Waals surface area (Å²) in [4.78, 5) is 27.6. The summed E-state index contributed by atoms with van der Waals surface area (Å²) < 4.78 is 0. The molecule has 1 fully saturated rings. The molecule has 1 aliphatic heterocycles. The standard InChI is InChI=1S/C20H20Cl2N2O2/c21-18(22)20(26)24-13-11-23(12-14-24)19(25)17(15-7-3-1-4-8-15)16-9-5-2-6-10-16/h1-10,17-18H,11-14H2. The summed E-state index contributed by atoms with van der Waals surface area (Å²) in [5.74, 6) is -0.612. The van der Waals surface area contributed by atoms with Crippen molar-refractivity contribution in [1.29, 1.82) is 0 Å². The lowest BCUT2D eigenvalue weighted by atomic mass is 9.90. The number of nitrogens with zero attached hydrogens (tertiary/aromatic N) is 2. The van der Waals surface area contributed by atoms with Gasteiger partial charge in [-0.15, -0.1) is 0 Å². The van der Waals surface area contributed by atoms with E-state index in [0.717, 1.165) is 11.1 Å². The molecule has 0 spiro atoms. The predicted molar refractivity (Wildman–Crippen MR) is 103 cm³/mol. The molecule has 1 heterocycles. The monoisotopic (exact) mass is 390 g/mol. The minimum Gasteiger partial charge on any atom is -0.338 e. The molecule has 0 saturated carbocycles. The van der Waals surface area contributed by atoms with Crippen molar-refractivity contribution in [2.45, 2.75) is 10.8 Å². The van der Waals surface area contributed by atoms with Gasteiger partial charge in [-0.2, -0.15) is 0 Å². The largest absolute Gasteiger partial charge is 0.338 e. The summed E-state index contributed by atoms with van der Waals surface area (Å²) in [6, 6.07) is 19.5. The molecule has 1 aliphatic rings. The minimum atomic E-state index is -1.06. The van der Waals surface area contributed by atoms with Crippen LogP contribution in [0.4, 0.5) is 0 Å². The fourth-order valence-electron chi connectivity index (χ4n) is 3.24. The number of amides is 2. The summed E-state index contributed by atoms with van der Waals surface area (Å²) in [7, 11) is 0. The summed E-state index contributed by atoms with van der Waals surface area (Å²) in [6.07, 6.45) is 0. The second kappa shape index (κ2) is 8.56. The van der Waals surface area contributed by atoms with Crippen molar-refractivity contribution < 1.29 is 9.59 Å². The normalized spacial score (nSPS) is 14.8. The first-order valence-corrected chi connectivity index (χ1v) is 9.41. The van der Waals surface area contributed by atoms with Crippen molar-refractivity contribution in [2.75, 3.05) is 26.2 Å². The zero-order chi connectivity index (χ0) is 18.5. The van der Waals surface area contributed by atoms with E-state index >= 15 is 0 Å². The molecule has 2 amide bonds. The maximum absolute atomic E-state index is 13.3. The molecular formula is C20H20Cl2N2O2. The Hall–Kier alpha value is -2.04. The quantitative estimate of drug-likeness (QED) is 0.751. The average Bonchev–Trinajstić information content (AvgIpc) is 2.69. The van der Waals surface area contributed by atoms with E-state index in [1.54, 1.807) is 4.90 Å². The average molecular weight is 391 g/mol. The van der Waals surface area contributed by atoms with Crippen molar-refractivity contribution in [3.63, 3.8) is 0 Å². The summed E-state index contributed by atoms with van der Waals surface area (Å²) in [5.41, 5.74) is 1.92. The number of halogens is 2. The summed E-state index contributed by atoms with van der Waals surface area (Å²) in [5, 5.41) is 0. The number of hydrogen-bond acceptors (Lipinski definition) is 2. The summed E-state index contributed by atoms with van der Waals surface area (Å²) >= 11 is 11.3. The Bertz CT molecular complexity index is 705. The lowest BCUT2D eigenvalue weighted by Gasteiger charge is -2.36. The predicted octanol–water partition coefficient (Wildman–Crippen LogP) is 3.29. The Balaban J connectivity index is 1.78. The van der Waals surface area contributed by atoms with E-state index in [9.17, 15) is 9.59 Å². The molecule has 0 atom stereocenters. The first-order valence-electron chi connectivity index (χ1n) is 8.53. The third kappa shape index (κ3) is 4.19. The molecule has 0 N–H and O–H groups in total. The Kier molecular flexibility index (Phi) is 6.17. The van der Waals surface area contributed by atoms with E-state index in [-0.39, 0.29) is 17.7 Å². The van der Waals surface area contributed by atoms with E-state index in [4.69, 9.17) is 23.2 Å². The van der Waals surface area contributed by atoms with Crippen LogP contribution in [-0.4, -0.2) is 52.6 Å². The molecule has 6 heteroatoms. The van der Waals surface area contributed by atoms with Gasteiger partial charge in [0.15, 0.2) is 4.84 Å². The molecule has 2 aromatic rings. The van der Waals surface area contributed by atoms with Gasteiger partial charge in [0.25, 0.3) is 5.91 Å². The molecule has 1 saturated heterocycles. The number of benzene rings is 2. The highest BCUT2D eigenvalue weighted by Gasteiger charge is 2.31. The number of carbonyl (C=O) groups excluding carboxylic acids is 2. The van der Waals surface area contributed by atoms with Gasteiger partial charge in [-0.3, -0.25) is 9.59 Å². The maximum Gasteiger partial charge on any atom is 0.255 e. The SMILES string of the molecule is O=C(C(Cl)Cl)N1CCN(C(=O)C(c2ccccc2)c2ccccc2)CC1. The second-order valence-corrected chi connectivity index (χ2v) is 7.30. The highest BCUT2D eigenvalue weighted by molar-refractivity contribution is 6.53. The van der Waals surface area contributed by atoms with E-state index in [2.05, 4.69) is 0 Å². The molecule has 3 rings (SSSR count). The van der Waals surface area contributed by atoms with Crippen LogP contribution in [0.2, 0.25) is 0 Å². The number of alkyl halides is 2. The highest BCUT2D eigenvalue weighted by Crippen LogP contribution is 2.27. The van der Waals surface area contributed by atoms with Gasteiger partial charge in [0.2, 0.25) is 5.91 Å². The fourth-order valence-corrected chi connectivity index (χ4v) is 3.51. The third-order valence-corrected chi connectivity index (χ3v) is 4.98. The van der Waals surface area contributed by atoms with Crippen LogP contribution in [0, 0.1) is 0 Å². The minimum absolute atomic E-state index is 0.0443. The molecule has 0 bridgehead atoms. The smallest absolute Gasteiger partial charge is 0.255 e. The lowest BCUT2D eigenvalue weighted by Crippen LogP contribution is -2.52. The van der Waals surface area contributed by atoms with Gasteiger partial charge in [0.1, 0.15) is 0 Å². The van der Waals surface area contributed by atoms with E-state index < -0.39 is 4.84 Å². The van der Waals surface area contributed by atoms with E-state index in [1.807, 2.05) is 65.6 Å². The van der Waals surface area contributed by atoms with Crippen LogP contribution in [0.15, 0.2) is 60.7 Å². The van der Waals surface area contributed by atoms with Crippen LogP contribution in [0.1, 0.15) is 17.0 Å². The number of piperazine rings is 1. The first-order chi connectivity index (χ1) is 12.6. The summed E-state index contributed by atoms with van der Waals surface area (Å²) in [6.45, 7) is 1.83. The molecule has 2 aromatic carbocycles. The highest BCUT2D eigenvalue weighted by atomic mass is 35.5. The Morgan fingerprint density at radius 1 is 0.692 bits per heavy atom. The Morgan fingerprint density at radius 2 is 1.08 bits per heavy atom. The molecular weight excluding hydrogens is 371 g/mol. The van der Waals surface area contributed by atoms with Gasteiger partial charge in [0, 0.05) is 26.2 Å².